The van der Waals surface area contributed by atoms with Crippen LogP contribution in [0.1, 0.15) is 15.9 Å². The van der Waals surface area contributed by atoms with Gasteiger partial charge in [-0.2, -0.15) is 5.26 Å². The van der Waals surface area contributed by atoms with Crippen molar-refractivity contribution >= 4 is 55.1 Å². The van der Waals surface area contributed by atoms with E-state index in [2.05, 4.69) is 37.2 Å². The second-order valence-corrected chi connectivity index (χ2v) is 6.01. The Morgan fingerprint density at radius 2 is 1.90 bits per heavy atom. The number of nitrogens with one attached hydrogen (secondary N) is 1. The van der Waals surface area contributed by atoms with E-state index >= 15 is 0 Å². The number of amides is 1. The first-order chi connectivity index (χ1) is 9.51. The predicted octanol–water partition coefficient (Wildman–Crippen LogP) is 4.99. The maximum atomic E-state index is 12.1. The third-order valence-corrected chi connectivity index (χ3v) is 4.42. The van der Waals surface area contributed by atoms with E-state index in [1.807, 2.05) is 6.07 Å². The van der Waals surface area contributed by atoms with E-state index in [0.717, 1.165) is 4.47 Å². The monoisotopic (exact) mass is 412 g/mol. The van der Waals surface area contributed by atoms with E-state index in [-0.39, 0.29) is 5.91 Å². The summed E-state index contributed by atoms with van der Waals surface area (Å²) in [5.41, 5.74) is 1.56. The lowest BCUT2D eigenvalue weighted by Gasteiger charge is -2.08. The van der Waals surface area contributed by atoms with Crippen LogP contribution in [0.25, 0.3) is 0 Å². The lowest BCUT2D eigenvalue weighted by molar-refractivity contribution is 0.102. The predicted molar refractivity (Wildman–Crippen MR) is 86.0 cm³/mol. The second kappa shape index (κ2) is 6.40. The number of benzene rings is 2. The second-order valence-electron chi connectivity index (χ2n) is 3.89. The van der Waals surface area contributed by atoms with E-state index in [1.54, 1.807) is 36.4 Å². The van der Waals surface area contributed by atoms with Crippen molar-refractivity contribution in [2.45, 2.75) is 0 Å². The standard InChI is InChI=1S/C14H7Br2ClN2O/c15-10-3-2-9(6-12(10)17)14(20)19-13-4-1-8(7-18)5-11(13)16/h1-6H,(H,19,20). The van der Waals surface area contributed by atoms with Crippen LogP contribution in [-0.2, 0) is 0 Å². The molecule has 0 aliphatic carbocycles. The van der Waals surface area contributed by atoms with Gasteiger partial charge >= 0.3 is 0 Å². The molecule has 2 rings (SSSR count). The number of hydrogen-bond acceptors (Lipinski definition) is 2. The lowest BCUT2D eigenvalue weighted by Crippen LogP contribution is -2.12. The molecular formula is C14H7Br2ClN2O. The van der Waals surface area contributed by atoms with Crippen LogP contribution in [0.3, 0.4) is 0 Å². The zero-order valence-electron chi connectivity index (χ0n) is 9.95. The molecule has 20 heavy (non-hydrogen) atoms. The number of carbonyl (C=O) groups is 1. The maximum Gasteiger partial charge on any atom is 0.255 e. The average Bonchev–Trinajstić information content (AvgIpc) is 2.43. The first-order valence-corrected chi connectivity index (χ1v) is 7.43. The molecule has 2 aromatic carbocycles. The molecule has 0 atom stereocenters. The van der Waals surface area contributed by atoms with Crippen molar-refractivity contribution in [1.82, 2.24) is 0 Å². The average molecular weight is 414 g/mol. The number of halogens is 3. The summed E-state index contributed by atoms with van der Waals surface area (Å²) in [6, 6.07) is 11.9. The minimum Gasteiger partial charge on any atom is -0.321 e. The molecule has 0 saturated carbocycles. The van der Waals surface area contributed by atoms with Crippen LogP contribution in [0.5, 0.6) is 0 Å². The molecule has 0 fully saturated rings. The zero-order valence-corrected chi connectivity index (χ0v) is 13.9. The minimum atomic E-state index is -0.273. The first-order valence-electron chi connectivity index (χ1n) is 5.47. The normalized spacial score (nSPS) is 9.90. The Balaban J connectivity index is 2.23. The van der Waals surface area contributed by atoms with Crippen molar-refractivity contribution in [2.75, 3.05) is 5.32 Å². The molecule has 100 valence electrons. The third-order valence-electron chi connectivity index (χ3n) is 2.53. The van der Waals surface area contributed by atoms with Crippen molar-refractivity contribution in [3.05, 3.63) is 61.5 Å². The molecule has 0 radical (unpaired) electrons. The van der Waals surface area contributed by atoms with Crippen molar-refractivity contribution in [1.29, 1.82) is 5.26 Å². The summed E-state index contributed by atoms with van der Waals surface area (Å²) < 4.78 is 1.38. The Labute approximate surface area is 137 Å². The molecule has 0 unspecified atom stereocenters. The van der Waals surface area contributed by atoms with Crippen LogP contribution in [0.4, 0.5) is 5.69 Å². The minimum absolute atomic E-state index is 0.273. The SMILES string of the molecule is N#Cc1ccc(NC(=O)c2ccc(Br)c(Cl)c2)c(Br)c1. The van der Waals surface area contributed by atoms with Crippen molar-refractivity contribution in [2.24, 2.45) is 0 Å². The van der Waals surface area contributed by atoms with E-state index < -0.39 is 0 Å². The van der Waals surface area contributed by atoms with E-state index in [4.69, 9.17) is 16.9 Å². The zero-order chi connectivity index (χ0) is 14.7. The van der Waals surface area contributed by atoms with Gasteiger partial charge in [-0.25, -0.2) is 0 Å². The number of hydrogen-bond donors (Lipinski definition) is 1. The fourth-order valence-corrected chi connectivity index (χ4v) is 2.42. The maximum absolute atomic E-state index is 12.1. The number of nitrogens with zero attached hydrogens (tertiary/aromatic N) is 1. The molecular weight excluding hydrogens is 407 g/mol. The van der Waals surface area contributed by atoms with Crippen molar-refractivity contribution in [3.8, 4) is 6.07 Å². The number of rotatable bonds is 2. The van der Waals surface area contributed by atoms with Crippen LogP contribution in [0.15, 0.2) is 45.3 Å². The molecule has 0 heterocycles. The van der Waals surface area contributed by atoms with Gasteiger partial charge in [-0.1, -0.05) is 11.6 Å². The Hall–Kier alpha value is -1.35. The largest absolute Gasteiger partial charge is 0.321 e. The van der Waals surface area contributed by atoms with Crippen LogP contribution in [0, 0.1) is 11.3 Å². The molecule has 1 amide bonds. The van der Waals surface area contributed by atoms with E-state index in [9.17, 15) is 4.79 Å². The summed E-state index contributed by atoms with van der Waals surface area (Å²) in [6.45, 7) is 0. The topological polar surface area (TPSA) is 52.9 Å². The third kappa shape index (κ3) is 3.40. The van der Waals surface area contributed by atoms with E-state index in [1.165, 1.54) is 0 Å². The highest BCUT2D eigenvalue weighted by molar-refractivity contribution is 9.11. The summed E-state index contributed by atoms with van der Waals surface area (Å²) in [5.74, 6) is -0.273. The summed E-state index contributed by atoms with van der Waals surface area (Å²) in [4.78, 5) is 12.1. The van der Waals surface area contributed by atoms with Gasteiger partial charge in [-0.05, 0) is 68.3 Å². The molecule has 0 aliphatic heterocycles. The summed E-state index contributed by atoms with van der Waals surface area (Å²) in [7, 11) is 0. The van der Waals surface area contributed by atoms with Crippen LogP contribution in [0.2, 0.25) is 5.02 Å². The Morgan fingerprint density at radius 1 is 1.15 bits per heavy atom. The quantitative estimate of drug-likeness (QED) is 0.753. The lowest BCUT2D eigenvalue weighted by atomic mass is 10.2. The van der Waals surface area contributed by atoms with E-state index in [0.29, 0.717) is 26.3 Å². The van der Waals surface area contributed by atoms with Crippen molar-refractivity contribution < 1.29 is 4.79 Å². The van der Waals surface area contributed by atoms with Crippen LogP contribution < -0.4 is 5.32 Å². The van der Waals surface area contributed by atoms with Gasteiger partial charge in [0, 0.05) is 14.5 Å². The summed E-state index contributed by atoms with van der Waals surface area (Å²) in [6.07, 6.45) is 0. The molecule has 0 spiro atoms. The van der Waals surface area contributed by atoms with Crippen LogP contribution >= 0.6 is 43.5 Å². The fraction of sp³-hybridized carbons (Fsp3) is 0. The molecule has 2 aromatic rings. The van der Waals surface area contributed by atoms with Gasteiger partial charge in [0.2, 0.25) is 0 Å². The molecule has 0 saturated heterocycles. The van der Waals surface area contributed by atoms with Crippen molar-refractivity contribution in [3.63, 3.8) is 0 Å². The highest BCUT2D eigenvalue weighted by Gasteiger charge is 2.10. The molecule has 3 nitrogen and oxygen atoms in total. The first kappa shape index (κ1) is 15.0. The fourth-order valence-electron chi connectivity index (χ4n) is 1.52. The highest BCUT2D eigenvalue weighted by atomic mass is 79.9. The summed E-state index contributed by atoms with van der Waals surface area (Å²) in [5, 5.41) is 12.0. The van der Waals surface area contributed by atoms with Gasteiger partial charge in [0.05, 0.1) is 22.3 Å². The number of carbonyl (C=O) groups excluding carboxylic acids is 1. The number of nitriles is 1. The molecule has 6 heteroatoms. The molecule has 0 aromatic heterocycles. The molecule has 0 aliphatic rings. The molecule has 1 N–H and O–H groups in total. The smallest absolute Gasteiger partial charge is 0.255 e. The van der Waals surface area contributed by atoms with Gasteiger partial charge in [-0.15, -0.1) is 0 Å². The van der Waals surface area contributed by atoms with Gasteiger partial charge < -0.3 is 5.32 Å². The number of anilines is 1. The highest BCUT2D eigenvalue weighted by Crippen LogP contribution is 2.26. The summed E-state index contributed by atoms with van der Waals surface area (Å²) >= 11 is 12.5. The molecule has 0 bridgehead atoms. The van der Waals surface area contributed by atoms with Gasteiger partial charge in [-0.3, -0.25) is 4.79 Å². The van der Waals surface area contributed by atoms with Gasteiger partial charge in [0.1, 0.15) is 0 Å². The Bertz CT molecular complexity index is 726. The van der Waals surface area contributed by atoms with Crippen LogP contribution in [-0.4, -0.2) is 5.91 Å². The van der Waals surface area contributed by atoms with Gasteiger partial charge in [0.15, 0.2) is 0 Å². The Kier molecular flexibility index (Phi) is 4.81. The van der Waals surface area contributed by atoms with Gasteiger partial charge in [0.25, 0.3) is 5.91 Å². The Morgan fingerprint density at radius 3 is 2.50 bits per heavy atom.